The van der Waals surface area contributed by atoms with Crippen molar-refractivity contribution in [2.24, 2.45) is 0 Å². The molecule has 3 aliphatic rings. The molecule has 3 aliphatic heterocycles. The lowest BCUT2D eigenvalue weighted by Gasteiger charge is -2.36. The number of methoxy groups -OCH3 is 1. The Balaban J connectivity index is 1.10. The molecule has 0 radical (unpaired) electrons. The Hall–Kier alpha value is -2.87. The lowest BCUT2D eigenvalue weighted by molar-refractivity contribution is 0.0643. The van der Waals surface area contributed by atoms with Gasteiger partial charge in [-0.15, -0.1) is 0 Å². The number of hydrogen-bond donors (Lipinski definition) is 1. The van der Waals surface area contributed by atoms with Gasteiger partial charge in [-0.3, -0.25) is 9.69 Å². The van der Waals surface area contributed by atoms with Crippen molar-refractivity contribution >= 4 is 17.7 Å². The van der Waals surface area contributed by atoms with Crippen LogP contribution in [0.25, 0.3) is 0 Å². The molecule has 1 unspecified atom stereocenters. The van der Waals surface area contributed by atoms with E-state index >= 15 is 0 Å². The zero-order chi connectivity index (χ0) is 24.0. The molecular weight excluding hydrogens is 440 g/mol. The van der Waals surface area contributed by atoms with Crippen LogP contribution in [0.5, 0.6) is 5.75 Å². The minimum atomic E-state index is 0.119. The zero-order valence-electron chi connectivity index (χ0n) is 20.9. The number of benzene rings is 1. The fourth-order valence-electron chi connectivity index (χ4n) is 5.66. The van der Waals surface area contributed by atoms with Crippen molar-refractivity contribution in [2.75, 3.05) is 56.6 Å². The van der Waals surface area contributed by atoms with E-state index in [0.717, 1.165) is 81.6 Å². The topological polar surface area (TPSA) is 73.8 Å². The Labute approximate surface area is 208 Å². The number of ether oxygens (including phenoxy) is 1. The first-order valence-corrected chi connectivity index (χ1v) is 13.2. The van der Waals surface area contributed by atoms with Gasteiger partial charge in [0.25, 0.3) is 5.91 Å². The smallest absolute Gasteiger partial charge is 0.253 e. The summed E-state index contributed by atoms with van der Waals surface area (Å²) in [4.78, 5) is 29.2. The van der Waals surface area contributed by atoms with Gasteiger partial charge in [-0.05, 0) is 62.4 Å². The quantitative estimate of drug-likeness (QED) is 0.679. The summed E-state index contributed by atoms with van der Waals surface area (Å²) in [5.74, 6) is 2.69. The second-order valence-corrected chi connectivity index (χ2v) is 10.0. The average Bonchev–Trinajstić information content (AvgIpc) is 3.20. The summed E-state index contributed by atoms with van der Waals surface area (Å²) >= 11 is 0. The first kappa shape index (κ1) is 23.9. The molecule has 3 fully saturated rings. The number of nitrogens with zero attached hydrogens (tertiary/aromatic N) is 5. The highest BCUT2D eigenvalue weighted by molar-refractivity contribution is 5.94. The van der Waals surface area contributed by atoms with Gasteiger partial charge in [-0.1, -0.05) is 12.8 Å². The van der Waals surface area contributed by atoms with Crippen molar-refractivity contribution in [1.29, 1.82) is 0 Å². The number of carbonyl (C=O) groups excluding carboxylic acids is 1. The highest BCUT2D eigenvalue weighted by Crippen LogP contribution is 2.25. The molecule has 8 nitrogen and oxygen atoms in total. The minimum absolute atomic E-state index is 0.119. The molecular formula is C27H38N6O2. The van der Waals surface area contributed by atoms with Crippen molar-refractivity contribution in [2.45, 2.75) is 57.0 Å². The fourth-order valence-corrected chi connectivity index (χ4v) is 5.66. The van der Waals surface area contributed by atoms with Crippen LogP contribution in [0, 0.1) is 0 Å². The van der Waals surface area contributed by atoms with E-state index in [-0.39, 0.29) is 5.91 Å². The molecule has 0 bridgehead atoms. The summed E-state index contributed by atoms with van der Waals surface area (Å²) in [5.41, 5.74) is 0.733. The predicted molar refractivity (Wildman–Crippen MR) is 138 cm³/mol. The monoisotopic (exact) mass is 478 g/mol. The van der Waals surface area contributed by atoms with E-state index in [1.807, 2.05) is 41.4 Å². The van der Waals surface area contributed by atoms with Crippen LogP contribution >= 0.6 is 0 Å². The molecule has 2 aromatic rings. The number of hydrogen-bond acceptors (Lipinski definition) is 7. The summed E-state index contributed by atoms with van der Waals surface area (Å²) < 4.78 is 5.20. The average molecular weight is 479 g/mol. The van der Waals surface area contributed by atoms with Crippen molar-refractivity contribution in [3.63, 3.8) is 0 Å². The van der Waals surface area contributed by atoms with Crippen LogP contribution in [-0.4, -0.2) is 84.1 Å². The van der Waals surface area contributed by atoms with Crippen molar-refractivity contribution < 1.29 is 9.53 Å². The van der Waals surface area contributed by atoms with Crippen molar-refractivity contribution in [3.8, 4) is 5.75 Å². The maximum absolute atomic E-state index is 12.9. The molecule has 1 atom stereocenters. The van der Waals surface area contributed by atoms with Gasteiger partial charge in [-0.2, -0.15) is 4.98 Å². The van der Waals surface area contributed by atoms with Gasteiger partial charge < -0.3 is 19.9 Å². The summed E-state index contributed by atoms with van der Waals surface area (Å²) in [6.07, 6.45) is 10.2. The maximum atomic E-state index is 12.9. The maximum Gasteiger partial charge on any atom is 0.253 e. The number of rotatable bonds is 6. The van der Waals surface area contributed by atoms with Crippen molar-refractivity contribution in [1.82, 2.24) is 19.8 Å². The Morgan fingerprint density at radius 2 is 1.69 bits per heavy atom. The number of piperidine rings is 1. The van der Waals surface area contributed by atoms with Crippen LogP contribution in [0.1, 0.15) is 55.3 Å². The second-order valence-electron chi connectivity index (χ2n) is 10.0. The molecule has 35 heavy (non-hydrogen) atoms. The molecule has 188 valence electrons. The van der Waals surface area contributed by atoms with Gasteiger partial charge in [0.15, 0.2) is 0 Å². The van der Waals surface area contributed by atoms with E-state index in [2.05, 4.69) is 20.1 Å². The Bertz CT molecular complexity index is 968. The van der Waals surface area contributed by atoms with Gasteiger partial charge in [0, 0.05) is 63.1 Å². The first-order chi connectivity index (χ1) is 17.2. The number of carbonyl (C=O) groups is 1. The fraction of sp³-hybridized carbons (Fsp3) is 0.593. The Morgan fingerprint density at radius 1 is 0.943 bits per heavy atom. The predicted octanol–water partition coefficient (Wildman–Crippen LogP) is 3.66. The summed E-state index contributed by atoms with van der Waals surface area (Å²) in [6.45, 7) is 5.89. The largest absolute Gasteiger partial charge is 0.497 e. The first-order valence-electron chi connectivity index (χ1n) is 13.2. The Morgan fingerprint density at radius 3 is 2.40 bits per heavy atom. The molecule has 0 spiro atoms. The van der Waals surface area contributed by atoms with Crippen LogP contribution in [0.3, 0.4) is 0 Å². The molecule has 0 aliphatic carbocycles. The van der Waals surface area contributed by atoms with E-state index in [0.29, 0.717) is 12.1 Å². The SMILES string of the molecule is COc1ccc(C(=O)N2CCC(N3CCC(Nc4nccc(N5CCCCCC5)n4)C3)CC2)cc1. The van der Waals surface area contributed by atoms with Gasteiger partial charge >= 0.3 is 0 Å². The van der Waals surface area contributed by atoms with E-state index < -0.39 is 0 Å². The molecule has 5 rings (SSSR count). The number of likely N-dealkylation sites (tertiary alicyclic amines) is 2. The number of aromatic nitrogens is 2. The number of amides is 1. The van der Waals surface area contributed by atoms with E-state index in [9.17, 15) is 4.79 Å². The summed E-state index contributed by atoms with van der Waals surface area (Å²) in [5, 5.41) is 3.60. The molecule has 0 saturated carbocycles. The van der Waals surface area contributed by atoms with Crippen LogP contribution in [0.2, 0.25) is 0 Å². The lowest BCUT2D eigenvalue weighted by atomic mass is 10.0. The van der Waals surface area contributed by atoms with Crippen molar-refractivity contribution in [3.05, 3.63) is 42.1 Å². The molecule has 4 heterocycles. The van der Waals surface area contributed by atoms with E-state index in [1.165, 1.54) is 25.7 Å². The highest BCUT2D eigenvalue weighted by atomic mass is 16.5. The van der Waals surface area contributed by atoms with Crippen LogP contribution < -0.4 is 15.0 Å². The third-order valence-electron chi connectivity index (χ3n) is 7.73. The Kier molecular flexibility index (Phi) is 7.66. The second kappa shape index (κ2) is 11.2. The van der Waals surface area contributed by atoms with Gasteiger partial charge in [0.1, 0.15) is 11.6 Å². The normalized spacial score (nSPS) is 22.1. The number of nitrogens with one attached hydrogen (secondary N) is 1. The standard InChI is InChI=1S/C27H38N6O2/c1-35-24-8-6-21(7-9-24)26(34)32-18-12-23(13-19-32)33-17-11-22(20-33)29-27-28-14-10-25(30-27)31-15-4-2-3-5-16-31/h6-10,14,22-23H,2-5,11-13,15-20H2,1H3,(H,28,29,30). The summed E-state index contributed by atoms with van der Waals surface area (Å²) in [6, 6.07) is 10.4. The van der Waals surface area contributed by atoms with Gasteiger partial charge in [0.2, 0.25) is 5.95 Å². The molecule has 8 heteroatoms. The van der Waals surface area contributed by atoms with Crippen LogP contribution in [-0.2, 0) is 0 Å². The summed E-state index contributed by atoms with van der Waals surface area (Å²) in [7, 11) is 1.64. The molecule has 1 amide bonds. The number of anilines is 2. The highest BCUT2D eigenvalue weighted by Gasteiger charge is 2.32. The van der Waals surface area contributed by atoms with Gasteiger partial charge in [0.05, 0.1) is 7.11 Å². The third kappa shape index (κ3) is 5.86. The minimum Gasteiger partial charge on any atom is -0.497 e. The van der Waals surface area contributed by atoms with Crippen LogP contribution in [0.4, 0.5) is 11.8 Å². The lowest BCUT2D eigenvalue weighted by Crippen LogP contribution is -2.46. The third-order valence-corrected chi connectivity index (χ3v) is 7.73. The molecule has 3 saturated heterocycles. The van der Waals surface area contributed by atoms with E-state index in [1.54, 1.807) is 7.11 Å². The molecule has 1 aromatic heterocycles. The zero-order valence-corrected chi connectivity index (χ0v) is 20.9. The van der Waals surface area contributed by atoms with Gasteiger partial charge in [-0.25, -0.2) is 4.98 Å². The molecule has 1 N–H and O–H groups in total. The molecule has 1 aromatic carbocycles. The van der Waals surface area contributed by atoms with Crippen LogP contribution in [0.15, 0.2) is 36.5 Å². The van der Waals surface area contributed by atoms with E-state index in [4.69, 9.17) is 9.72 Å².